The van der Waals surface area contributed by atoms with Gasteiger partial charge in [-0.05, 0) is 35.7 Å². The number of hydrogen-bond acceptors (Lipinski definition) is 4. The molecule has 0 atom stereocenters. The molecular weight excluding hydrogens is 314 g/mol. The van der Waals surface area contributed by atoms with E-state index in [-0.39, 0.29) is 24.1 Å². The minimum absolute atomic E-state index is 0.00549. The molecule has 0 unspecified atom stereocenters. The van der Waals surface area contributed by atoms with Crippen LogP contribution in [0.15, 0.2) is 15.5 Å². The van der Waals surface area contributed by atoms with Crippen molar-refractivity contribution in [3.8, 4) is 0 Å². The van der Waals surface area contributed by atoms with Gasteiger partial charge < -0.3 is 10.1 Å². The fourth-order valence-corrected chi connectivity index (χ4v) is 2.31. The molecule has 1 aliphatic rings. The minimum Gasteiger partial charge on any atom is -0.381 e. The van der Waals surface area contributed by atoms with Crippen molar-refractivity contribution < 1.29 is 9.53 Å². The first kappa shape index (κ1) is 14.2. The molecule has 1 fully saturated rings. The molecule has 2 heterocycles. The van der Waals surface area contributed by atoms with E-state index in [0.717, 1.165) is 12.8 Å². The number of carbonyl (C=O) groups excluding carboxylic acids is 1. The Morgan fingerprint density at radius 1 is 1.58 bits per heavy atom. The van der Waals surface area contributed by atoms with E-state index in [4.69, 9.17) is 4.74 Å². The monoisotopic (exact) mass is 329 g/mol. The third-order valence-electron chi connectivity index (χ3n) is 3.09. The third kappa shape index (κ3) is 3.63. The molecule has 1 amide bonds. The van der Waals surface area contributed by atoms with Crippen LogP contribution in [-0.2, 0) is 16.1 Å². The fourth-order valence-electron chi connectivity index (χ4n) is 2.00. The van der Waals surface area contributed by atoms with Crippen LogP contribution < -0.4 is 10.9 Å². The molecule has 1 aromatic rings. The van der Waals surface area contributed by atoms with Crippen LogP contribution in [0, 0.1) is 6.92 Å². The number of aromatic nitrogens is 2. The molecule has 0 aliphatic carbocycles. The molecule has 104 valence electrons. The Hall–Kier alpha value is -1.21. The molecule has 1 saturated heterocycles. The van der Waals surface area contributed by atoms with Gasteiger partial charge in [0.05, 0.1) is 0 Å². The summed E-state index contributed by atoms with van der Waals surface area (Å²) in [7, 11) is 0. The molecule has 1 N–H and O–H groups in total. The van der Waals surface area contributed by atoms with E-state index in [0.29, 0.717) is 23.5 Å². The Kier molecular flexibility index (Phi) is 4.71. The maximum absolute atomic E-state index is 11.9. The normalized spacial score (nSPS) is 16.3. The zero-order chi connectivity index (χ0) is 13.8. The number of ether oxygens (including phenoxy) is 1. The molecule has 1 aliphatic heterocycles. The summed E-state index contributed by atoms with van der Waals surface area (Å²) in [6.07, 6.45) is 3.08. The van der Waals surface area contributed by atoms with Gasteiger partial charge in [-0.1, -0.05) is 0 Å². The van der Waals surface area contributed by atoms with Gasteiger partial charge in [0.15, 0.2) is 0 Å². The largest absolute Gasteiger partial charge is 0.381 e. The molecule has 7 heteroatoms. The summed E-state index contributed by atoms with van der Waals surface area (Å²) in [5.41, 5.74) is -0.241. The second-order valence-electron chi connectivity index (χ2n) is 4.50. The first-order valence-corrected chi connectivity index (χ1v) is 6.96. The van der Waals surface area contributed by atoms with E-state index in [9.17, 15) is 9.59 Å². The number of hydrogen-bond donors (Lipinski definition) is 1. The van der Waals surface area contributed by atoms with Crippen LogP contribution in [0.4, 0.5) is 0 Å². The molecule has 0 aromatic carbocycles. The lowest BCUT2D eigenvalue weighted by Crippen LogP contribution is -2.42. The predicted octanol–water partition coefficient (Wildman–Crippen LogP) is 0.609. The van der Waals surface area contributed by atoms with Crippen molar-refractivity contribution in [2.24, 2.45) is 0 Å². The number of halogens is 1. The zero-order valence-corrected chi connectivity index (χ0v) is 12.3. The Morgan fingerprint density at radius 2 is 2.26 bits per heavy atom. The first-order valence-electron chi connectivity index (χ1n) is 6.17. The summed E-state index contributed by atoms with van der Waals surface area (Å²) in [4.78, 5) is 27.9. The van der Waals surface area contributed by atoms with Gasteiger partial charge in [-0.3, -0.25) is 14.2 Å². The topological polar surface area (TPSA) is 73.2 Å². The van der Waals surface area contributed by atoms with Crippen LogP contribution >= 0.6 is 15.9 Å². The van der Waals surface area contributed by atoms with Gasteiger partial charge in [-0.25, -0.2) is 4.98 Å². The highest BCUT2D eigenvalue weighted by Crippen LogP contribution is 2.06. The molecule has 2 rings (SSSR count). The molecule has 0 saturated carbocycles. The molecule has 19 heavy (non-hydrogen) atoms. The third-order valence-corrected chi connectivity index (χ3v) is 3.64. The highest BCUT2D eigenvalue weighted by molar-refractivity contribution is 9.10. The average molecular weight is 330 g/mol. The lowest BCUT2D eigenvalue weighted by atomic mass is 10.1. The van der Waals surface area contributed by atoms with Crippen molar-refractivity contribution in [3.05, 3.63) is 26.8 Å². The average Bonchev–Trinajstić information content (AvgIpc) is 2.40. The van der Waals surface area contributed by atoms with Gasteiger partial charge >= 0.3 is 0 Å². The van der Waals surface area contributed by atoms with Crippen LogP contribution in [0.1, 0.15) is 18.7 Å². The van der Waals surface area contributed by atoms with E-state index in [1.165, 1.54) is 10.8 Å². The van der Waals surface area contributed by atoms with E-state index in [2.05, 4.69) is 26.2 Å². The van der Waals surface area contributed by atoms with Gasteiger partial charge in [0.25, 0.3) is 5.56 Å². The second-order valence-corrected chi connectivity index (χ2v) is 5.35. The zero-order valence-electron chi connectivity index (χ0n) is 10.7. The van der Waals surface area contributed by atoms with E-state index < -0.39 is 0 Å². The van der Waals surface area contributed by atoms with Crippen LogP contribution in [0.2, 0.25) is 0 Å². The molecule has 0 radical (unpaired) electrons. The second kappa shape index (κ2) is 6.29. The lowest BCUT2D eigenvalue weighted by molar-refractivity contribution is -0.123. The Labute approximate surface area is 119 Å². The van der Waals surface area contributed by atoms with E-state index >= 15 is 0 Å². The fraction of sp³-hybridized carbons (Fsp3) is 0.583. The van der Waals surface area contributed by atoms with Crippen LogP contribution in [0.5, 0.6) is 0 Å². The molecule has 1 aromatic heterocycles. The highest BCUT2D eigenvalue weighted by Gasteiger charge is 2.17. The maximum Gasteiger partial charge on any atom is 0.268 e. The smallest absolute Gasteiger partial charge is 0.268 e. The lowest BCUT2D eigenvalue weighted by Gasteiger charge is -2.23. The van der Waals surface area contributed by atoms with Crippen molar-refractivity contribution in [2.75, 3.05) is 13.2 Å². The molecular formula is C12H16BrN3O3. The number of nitrogens with one attached hydrogen (secondary N) is 1. The van der Waals surface area contributed by atoms with Crippen molar-refractivity contribution in [1.82, 2.24) is 14.9 Å². The molecule has 0 bridgehead atoms. The van der Waals surface area contributed by atoms with E-state index in [1.807, 2.05) is 0 Å². The standard InChI is InChI=1S/C12H16BrN3O3/c1-8-14-6-10(13)12(18)16(8)7-11(17)15-9-2-4-19-5-3-9/h6,9H,2-5,7H2,1H3,(H,15,17). The first-order chi connectivity index (χ1) is 9.08. The Morgan fingerprint density at radius 3 is 2.95 bits per heavy atom. The Balaban J connectivity index is 2.02. The van der Waals surface area contributed by atoms with Crippen molar-refractivity contribution in [2.45, 2.75) is 32.4 Å². The van der Waals surface area contributed by atoms with Gasteiger partial charge in [0.1, 0.15) is 16.8 Å². The van der Waals surface area contributed by atoms with Crippen molar-refractivity contribution in [1.29, 1.82) is 0 Å². The van der Waals surface area contributed by atoms with Crippen LogP contribution in [0.3, 0.4) is 0 Å². The minimum atomic E-state index is -0.241. The Bertz CT molecular complexity index is 523. The highest BCUT2D eigenvalue weighted by atomic mass is 79.9. The number of carbonyl (C=O) groups is 1. The van der Waals surface area contributed by atoms with Crippen molar-refractivity contribution >= 4 is 21.8 Å². The SMILES string of the molecule is Cc1ncc(Br)c(=O)n1CC(=O)NC1CCOCC1. The number of amides is 1. The summed E-state index contributed by atoms with van der Waals surface area (Å²) >= 11 is 3.12. The van der Waals surface area contributed by atoms with Gasteiger partial charge in [0.2, 0.25) is 5.91 Å². The summed E-state index contributed by atoms with van der Waals surface area (Å²) in [5.74, 6) is 0.354. The predicted molar refractivity (Wildman–Crippen MR) is 72.9 cm³/mol. The van der Waals surface area contributed by atoms with Crippen LogP contribution in [-0.4, -0.2) is 34.7 Å². The molecule has 0 spiro atoms. The number of nitrogens with zero attached hydrogens (tertiary/aromatic N) is 2. The van der Waals surface area contributed by atoms with E-state index in [1.54, 1.807) is 6.92 Å². The van der Waals surface area contributed by atoms with Gasteiger partial charge in [-0.2, -0.15) is 0 Å². The number of rotatable bonds is 3. The molecule has 6 nitrogen and oxygen atoms in total. The summed E-state index contributed by atoms with van der Waals surface area (Å²) in [6.45, 7) is 3.04. The summed E-state index contributed by atoms with van der Waals surface area (Å²) < 4.78 is 6.95. The van der Waals surface area contributed by atoms with Crippen molar-refractivity contribution in [3.63, 3.8) is 0 Å². The quantitative estimate of drug-likeness (QED) is 0.881. The van der Waals surface area contributed by atoms with Gasteiger partial charge in [-0.15, -0.1) is 0 Å². The summed E-state index contributed by atoms with van der Waals surface area (Å²) in [6, 6.07) is 0.136. The number of aryl methyl sites for hydroxylation is 1. The summed E-state index contributed by atoms with van der Waals surface area (Å²) in [5, 5.41) is 2.92. The van der Waals surface area contributed by atoms with Crippen LogP contribution in [0.25, 0.3) is 0 Å². The van der Waals surface area contributed by atoms with Gasteiger partial charge in [0, 0.05) is 25.5 Å². The maximum atomic E-state index is 11.9.